The Bertz CT molecular complexity index is 542. The molecule has 1 atom stereocenters. The third-order valence-electron chi connectivity index (χ3n) is 3.26. The molecule has 0 aliphatic carbocycles. The predicted molar refractivity (Wildman–Crippen MR) is 75.7 cm³/mol. The summed E-state index contributed by atoms with van der Waals surface area (Å²) >= 11 is 0. The molecule has 3 N–H and O–H groups in total. The Labute approximate surface area is 113 Å². The van der Waals surface area contributed by atoms with Gasteiger partial charge in [-0.15, -0.1) is 0 Å². The second-order valence-electron chi connectivity index (χ2n) is 4.51. The summed E-state index contributed by atoms with van der Waals surface area (Å²) in [5, 5.41) is 0. The van der Waals surface area contributed by atoms with E-state index in [0.717, 1.165) is 17.7 Å². The Morgan fingerprint density at radius 2 is 2.11 bits per heavy atom. The van der Waals surface area contributed by atoms with Crippen LogP contribution in [-0.4, -0.2) is 12.1 Å². The van der Waals surface area contributed by atoms with Gasteiger partial charge in [-0.2, -0.15) is 0 Å². The Hall–Kier alpha value is -1.91. The summed E-state index contributed by atoms with van der Waals surface area (Å²) < 4.78 is 5.19. The molecule has 0 aliphatic rings. The van der Waals surface area contributed by atoms with Gasteiger partial charge in [-0.1, -0.05) is 24.3 Å². The van der Waals surface area contributed by atoms with Crippen molar-refractivity contribution in [3.05, 3.63) is 59.4 Å². The summed E-state index contributed by atoms with van der Waals surface area (Å²) in [4.78, 5) is 4.17. The van der Waals surface area contributed by atoms with Crippen LogP contribution in [0.15, 0.2) is 42.7 Å². The van der Waals surface area contributed by atoms with E-state index in [2.05, 4.69) is 29.5 Å². The fourth-order valence-corrected chi connectivity index (χ4v) is 2.07. The van der Waals surface area contributed by atoms with E-state index >= 15 is 0 Å². The highest BCUT2D eigenvalue weighted by Gasteiger charge is 2.13. The Kier molecular flexibility index (Phi) is 4.49. The van der Waals surface area contributed by atoms with Crippen molar-refractivity contribution in [3.8, 4) is 5.75 Å². The maximum atomic E-state index is 5.68. The van der Waals surface area contributed by atoms with Crippen LogP contribution >= 0.6 is 0 Å². The first-order valence-corrected chi connectivity index (χ1v) is 6.24. The lowest BCUT2D eigenvalue weighted by molar-refractivity contribution is 0.410. The van der Waals surface area contributed by atoms with Crippen LogP contribution in [0.4, 0.5) is 0 Å². The Balaban J connectivity index is 2.22. The first-order valence-electron chi connectivity index (χ1n) is 6.24. The van der Waals surface area contributed by atoms with Gasteiger partial charge in [0.1, 0.15) is 5.75 Å². The number of hydrogen-bond donors (Lipinski definition) is 2. The Morgan fingerprint density at radius 1 is 1.32 bits per heavy atom. The summed E-state index contributed by atoms with van der Waals surface area (Å²) in [5.41, 5.74) is 6.40. The van der Waals surface area contributed by atoms with E-state index in [4.69, 9.17) is 10.6 Å². The molecule has 0 radical (unpaired) electrons. The summed E-state index contributed by atoms with van der Waals surface area (Å²) in [7, 11) is 1.63. The molecule has 2 aromatic rings. The van der Waals surface area contributed by atoms with Crippen LogP contribution in [0.25, 0.3) is 0 Å². The first kappa shape index (κ1) is 13.5. The quantitative estimate of drug-likeness (QED) is 0.636. The molecule has 0 bridgehead atoms. The van der Waals surface area contributed by atoms with Crippen LogP contribution in [-0.2, 0) is 6.42 Å². The van der Waals surface area contributed by atoms with Crippen LogP contribution in [0.2, 0.25) is 0 Å². The largest absolute Gasteiger partial charge is 0.495 e. The lowest BCUT2D eigenvalue weighted by Crippen LogP contribution is -2.29. The number of nitrogens with two attached hydrogens (primary N) is 1. The second kappa shape index (κ2) is 6.31. The monoisotopic (exact) mass is 257 g/mol. The van der Waals surface area contributed by atoms with E-state index in [9.17, 15) is 0 Å². The minimum absolute atomic E-state index is 0.0173. The van der Waals surface area contributed by atoms with E-state index < -0.39 is 0 Å². The molecule has 19 heavy (non-hydrogen) atoms. The number of methoxy groups -OCH3 is 1. The molecule has 0 saturated carbocycles. The third kappa shape index (κ3) is 3.30. The fourth-order valence-electron chi connectivity index (χ4n) is 2.07. The second-order valence-corrected chi connectivity index (χ2v) is 4.51. The number of aryl methyl sites for hydroxylation is 1. The minimum atomic E-state index is 0.0173. The molecule has 0 fully saturated rings. The normalized spacial score (nSPS) is 12.2. The average molecular weight is 257 g/mol. The van der Waals surface area contributed by atoms with Gasteiger partial charge in [0.15, 0.2) is 0 Å². The topological polar surface area (TPSA) is 60.2 Å². The number of pyridine rings is 1. The zero-order valence-electron chi connectivity index (χ0n) is 11.3. The number of benzene rings is 1. The maximum Gasteiger partial charge on any atom is 0.137 e. The van der Waals surface area contributed by atoms with Crippen molar-refractivity contribution in [2.75, 3.05) is 7.11 Å². The molecule has 0 spiro atoms. The summed E-state index contributed by atoms with van der Waals surface area (Å²) in [6, 6.07) is 10.3. The van der Waals surface area contributed by atoms with Crippen molar-refractivity contribution in [2.24, 2.45) is 5.84 Å². The SMILES string of the molecule is COc1cncc(C(Cc2ccccc2C)NN)c1. The van der Waals surface area contributed by atoms with Crippen LogP contribution < -0.4 is 16.0 Å². The number of hydrogen-bond acceptors (Lipinski definition) is 4. The molecule has 100 valence electrons. The molecule has 1 unspecified atom stereocenters. The highest BCUT2D eigenvalue weighted by atomic mass is 16.5. The van der Waals surface area contributed by atoms with Crippen molar-refractivity contribution in [1.29, 1.82) is 0 Å². The average Bonchev–Trinajstić information content (AvgIpc) is 2.46. The van der Waals surface area contributed by atoms with Crippen molar-refractivity contribution in [1.82, 2.24) is 10.4 Å². The molecule has 0 saturated heterocycles. The van der Waals surface area contributed by atoms with Crippen LogP contribution in [0.3, 0.4) is 0 Å². The van der Waals surface area contributed by atoms with Crippen molar-refractivity contribution >= 4 is 0 Å². The summed E-state index contributed by atoms with van der Waals surface area (Å²) in [6.07, 6.45) is 4.31. The molecule has 0 amide bonds. The highest BCUT2D eigenvalue weighted by molar-refractivity contribution is 5.31. The van der Waals surface area contributed by atoms with Crippen LogP contribution in [0, 0.1) is 6.92 Å². The van der Waals surface area contributed by atoms with Crippen LogP contribution in [0.1, 0.15) is 22.7 Å². The summed E-state index contributed by atoms with van der Waals surface area (Å²) in [6.45, 7) is 2.10. The molecule has 2 rings (SSSR count). The van der Waals surface area contributed by atoms with E-state index in [1.54, 1.807) is 13.3 Å². The van der Waals surface area contributed by atoms with Gasteiger partial charge in [0, 0.05) is 6.20 Å². The third-order valence-corrected chi connectivity index (χ3v) is 3.26. The maximum absolute atomic E-state index is 5.68. The first-order chi connectivity index (χ1) is 9.24. The Morgan fingerprint density at radius 3 is 2.79 bits per heavy atom. The van der Waals surface area contributed by atoms with E-state index in [-0.39, 0.29) is 6.04 Å². The zero-order valence-corrected chi connectivity index (χ0v) is 11.3. The fraction of sp³-hybridized carbons (Fsp3) is 0.267. The van der Waals surface area contributed by atoms with E-state index in [0.29, 0.717) is 0 Å². The van der Waals surface area contributed by atoms with Gasteiger partial charge in [-0.3, -0.25) is 16.3 Å². The number of aromatic nitrogens is 1. The highest BCUT2D eigenvalue weighted by Crippen LogP contribution is 2.22. The van der Waals surface area contributed by atoms with Crippen molar-refractivity contribution in [3.63, 3.8) is 0 Å². The van der Waals surface area contributed by atoms with Gasteiger partial charge in [-0.25, -0.2) is 0 Å². The molecule has 1 heterocycles. The molecular weight excluding hydrogens is 238 g/mol. The number of nitrogens with zero attached hydrogens (tertiary/aromatic N) is 1. The molecule has 1 aromatic carbocycles. The van der Waals surface area contributed by atoms with Gasteiger partial charge in [0.25, 0.3) is 0 Å². The number of hydrazine groups is 1. The van der Waals surface area contributed by atoms with Crippen molar-refractivity contribution < 1.29 is 4.74 Å². The predicted octanol–water partition coefficient (Wildman–Crippen LogP) is 2.15. The molecule has 4 nitrogen and oxygen atoms in total. The van der Waals surface area contributed by atoms with Gasteiger partial charge < -0.3 is 4.74 Å². The molecular formula is C15H19N3O. The summed E-state index contributed by atoms with van der Waals surface area (Å²) in [5.74, 6) is 6.41. The van der Waals surface area contributed by atoms with Gasteiger partial charge in [0.2, 0.25) is 0 Å². The number of rotatable bonds is 5. The lowest BCUT2D eigenvalue weighted by atomic mass is 9.97. The number of ether oxygens (including phenoxy) is 1. The van der Waals surface area contributed by atoms with Gasteiger partial charge in [0.05, 0.1) is 19.3 Å². The lowest BCUT2D eigenvalue weighted by Gasteiger charge is -2.17. The minimum Gasteiger partial charge on any atom is -0.495 e. The van der Waals surface area contributed by atoms with Crippen molar-refractivity contribution in [2.45, 2.75) is 19.4 Å². The standard InChI is InChI=1S/C15H19N3O/c1-11-5-3-4-6-12(11)8-15(18-16)13-7-14(19-2)10-17-9-13/h3-7,9-10,15,18H,8,16H2,1-2H3. The van der Waals surface area contributed by atoms with Crippen LogP contribution in [0.5, 0.6) is 5.75 Å². The van der Waals surface area contributed by atoms with E-state index in [1.807, 2.05) is 24.4 Å². The molecule has 1 aromatic heterocycles. The zero-order chi connectivity index (χ0) is 13.7. The number of nitrogens with one attached hydrogen (secondary N) is 1. The van der Waals surface area contributed by atoms with E-state index in [1.165, 1.54) is 11.1 Å². The molecule has 4 heteroatoms. The van der Waals surface area contributed by atoms with Gasteiger partial charge >= 0.3 is 0 Å². The van der Waals surface area contributed by atoms with Gasteiger partial charge in [-0.05, 0) is 36.1 Å². The molecule has 0 aliphatic heterocycles. The smallest absolute Gasteiger partial charge is 0.137 e.